The zero-order valence-electron chi connectivity index (χ0n) is 16.2. The normalized spacial score (nSPS) is 10.4. The number of rotatable bonds is 9. The van der Waals surface area contributed by atoms with Crippen LogP contribution < -0.4 is 15.4 Å². The molecule has 0 aliphatic heterocycles. The first-order valence-electron chi connectivity index (χ1n) is 9.36. The number of nitrogens with zero attached hydrogens (tertiary/aromatic N) is 2. The Labute approximate surface area is 169 Å². The van der Waals surface area contributed by atoms with E-state index in [1.54, 1.807) is 25.3 Å². The van der Waals surface area contributed by atoms with Gasteiger partial charge in [0.25, 0.3) is 5.91 Å². The molecular formula is C22H23FN4O2. The lowest BCUT2D eigenvalue weighted by Crippen LogP contribution is -2.26. The molecule has 2 aromatic carbocycles. The van der Waals surface area contributed by atoms with Crippen LogP contribution in [0.25, 0.3) is 0 Å². The molecule has 0 fully saturated rings. The maximum atomic E-state index is 13.6. The van der Waals surface area contributed by atoms with Crippen LogP contribution in [0.15, 0.2) is 60.9 Å². The van der Waals surface area contributed by atoms with Crippen molar-refractivity contribution >= 4 is 11.9 Å². The van der Waals surface area contributed by atoms with Gasteiger partial charge in [0, 0.05) is 25.5 Å². The molecule has 1 aromatic heterocycles. The first kappa shape index (κ1) is 20.3. The predicted molar refractivity (Wildman–Crippen MR) is 110 cm³/mol. The van der Waals surface area contributed by atoms with Gasteiger partial charge in [-0.1, -0.05) is 30.3 Å². The highest BCUT2D eigenvalue weighted by molar-refractivity contribution is 5.93. The minimum atomic E-state index is -0.286. The van der Waals surface area contributed by atoms with Gasteiger partial charge in [0.05, 0.1) is 12.7 Å². The second kappa shape index (κ2) is 10.2. The van der Waals surface area contributed by atoms with Crippen LogP contribution in [0.1, 0.15) is 21.5 Å². The molecule has 2 N–H and O–H groups in total. The maximum Gasteiger partial charge on any atom is 0.254 e. The van der Waals surface area contributed by atoms with Gasteiger partial charge in [-0.3, -0.25) is 4.79 Å². The summed E-state index contributed by atoms with van der Waals surface area (Å²) in [5.74, 6) is 0.732. The number of hydrogen-bond acceptors (Lipinski definition) is 5. The molecule has 0 saturated heterocycles. The van der Waals surface area contributed by atoms with Crippen LogP contribution in [0, 0.1) is 5.82 Å². The van der Waals surface area contributed by atoms with Crippen LogP contribution in [0.2, 0.25) is 0 Å². The molecule has 0 aliphatic carbocycles. The van der Waals surface area contributed by atoms with Crippen molar-refractivity contribution in [1.82, 2.24) is 15.3 Å². The van der Waals surface area contributed by atoms with Crippen LogP contribution in [0.3, 0.4) is 0 Å². The number of aromatic nitrogens is 2. The van der Waals surface area contributed by atoms with E-state index in [2.05, 4.69) is 20.6 Å². The first-order valence-corrected chi connectivity index (χ1v) is 9.36. The number of nitrogens with one attached hydrogen (secondary N) is 2. The highest BCUT2D eigenvalue weighted by Gasteiger charge is 2.08. The maximum absolute atomic E-state index is 13.6. The summed E-state index contributed by atoms with van der Waals surface area (Å²) >= 11 is 0. The largest absolute Gasteiger partial charge is 0.497 e. The van der Waals surface area contributed by atoms with Crippen LogP contribution in [0.5, 0.6) is 5.75 Å². The Kier molecular flexibility index (Phi) is 7.10. The van der Waals surface area contributed by atoms with Gasteiger partial charge in [-0.25, -0.2) is 14.4 Å². The van der Waals surface area contributed by atoms with Crippen molar-refractivity contribution in [3.8, 4) is 5.75 Å². The topological polar surface area (TPSA) is 76.1 Å². The molecule has 3 rings (SSSR count). The lowest BCUT2D eigenvalue weighted by molar-refractivity contribution is 0.0953. The summed E-state index contributed by atoms with van der Waals surface area (Å²) in [5.41, 5.74) is 2.10. The van der Waals surface area contributed by atoms with Crippen LogP contribution in [0.4, 0.5) is 10.3 Å². The zero-order valence-corrected chi connectivity index (χ0v) is 16.2. The number of benzene rings is 2. The summed E-state index contributed by atoms with van der Waals surface area (Å²) in [4.78, 5) is 20.5. The molecule has 0 spiro atoms. The quantitative estimate of drug-likeness (QED) is 0.583. The fourth-order valence-corrected chi connectivity index (χ4v) is 2.76. The van der Waals surface area contributed by atoms with E-state index in [0.717, 1.165) is 12.2 Å². The van der Waals surface area contributed by atoms with Crippen molar-refractivity contribution < 1.29 is 13.9 Å². The monoisotopic (exact) mass is 394 g/mol. The lowest BCUT2D eigenvalue weighted by Gasteiger charge is -2.08. The highest BCUT2D eigenvalue weighted by Crippen LogP contribution is 2.12. The Bertz CT molecular complexity index is 930. The molecule has 0 atom stereocenters. The van der Waals surface area contributed by atoms with Crippen molar-refractivity contribution in [2.24, 2.45) is 0 Å². The number of anilines is 1. The lowest BCUT2D eigenvalue weighted by atomic mass is 10.1. The molecule has 0 aliphatic rings. The van der Waals surface area contributed by atoms with Crippen molar-refractivity contribution in [3.05, 3.63) is 83.4 Å². The molecule has 1 amide bonds. The van der Waals surface area contributed by atoms with Gasteiger partial charge < -0.3 is 15.4 Å². The standard InChI is InChI=1S/C22H23FN4O2/c1-29-19-8-6-16(7-9-19)10-12-25-22-26-14-18(15-27-22)21(28)24-13-11-17-4-2-3-5-20(17)23/h2-9,14-15H,10-13H2,1H3,(H,24,28)(H,25,26,27). The van der Waals surface area contributed by atoms with Crippen molar-refractivity contribution in [1.29, 1.82) is 0 Å². The fraction of sp³-hybridized carbons (Fsp3) is 0.227. The van der Waals surface area contributed by atoms with Gasteiger partial charge >= 0.3 is 0 Å². The summed E-state index contributed by atoms with van der Waals surface area (Å²) in [6, 6.07) is 14.4. The Morgan fingerprint density at radius 3 is 2.41 bits per heavy atom. The minimum Gasteiger partial charge on any atom is -0.497 e. The molecule has 0 bridgehead atoms. The third-order valence-electron chi connectivity index (χ3n) is 4.41. The predicted octanol–water partition coefficient (Wildman–Crippen LogP) is 3.25. The van der Waals surface area contributed by atoms with Crippen molar-refractivity contribution in [2.75, 3.05) is 25.5 Å². The van der Waals surface area contributed by atoms with E-state index >= 15 is 0 Å². The number of ether oxygens (including phenoxy) is 1. The number of carbonyl (C=O) groups excluding carboxylic acids is 1. The minimum absolute atomic E-state index is 0.268. The molecule has 3 aromatic rings. The Morgan fingerprint density at radius 2 is 1.72 bits per heavy atom. The number of hydrogen-bond donors (Lipinski definition) is 2. The third kappa shape index (κ3) is 6.00. The second-order valence-electron chi connectivity index (χ2n) is 6.42. The molecule has 6 nitrogen and oxygen atoms in total. The van der Waals surface area contributed by atoms with Gasteiger partial charge in [-0.2, -0.15) is 0 Å². The summed E-state index contributed by atoms with van der Waals surface area (Å²) < 4.78 is 18.7. The number of amides is 1. The molecule has 0 saturated carbocycles. The fourth-order valence-electron chi connectivity index (χ4n) is 2.76. The summed E-state index contributed by atoms with van der Waals surface area (Å²) in [5, 5.41) is 5.88. The van der Waals surface area contributed by atoms with Gasteiger partial charge in [-0.15, -0.1) is 0 Å². The Balaban J connectivity index is 1.42. The number of methoxy groups -OCH3 is 1. The van der Waals surface area contributed by atoms with Gasteiger partial charge in [0.15, 0.2) is 0 Å². The van der Waals surface area contributed by atoms with E-state index in [1.165, 1.54) is 24.0 Å². The van der Waals surface area contributed by atoms with E-state index in [-0.39, 0.29) is 11.7 Å². The highest BCUT2D eigenvalue weighted by atomic mass is 19.1. The Hall–Kier alpha value is -3.48. The van der Waals surface area contributed by atoms with E-state index in [9.17, 15) is 9.18 Å². The van der Waals surface area contributed by atoms with Gasteiger partial charge in [-0.05, 0) is 42.2 Å². The average Bonchev–Trinajstić information content (AvgIpc) is 2.76. The van der Waals surface area contributed by atoms with Crippen LogP contribution in [-0.2, 0) is 12.8 Å². The van der Waals surface area contributed by atoms with E-state index in [1.807, 2.05) is 24.3 Å². The van der Waals surface area contributed by atoms with E-state index in [0.29, 0.717) is 36.6 Å². The second-order valence-corrected chi connectivity index (χ2v) is 6.42. The van der Waals surface area contributed by atoms with Gasteiger partial charge in [0.2, 0.25) is 5.95 Å². The Morgan fingerprint density at radius 1 is 1.00 bits per heavy atom. The van der Waals surface area contributed by atoms with Crippen molar-refractivity contribution in [3.63, 3.8) is 0 Å². The molecule has 1 heterocycles. The van der Waals surface area contributed by atoms with E-state index < -0.39 is 0 Å². The molecular weight excluding hydrogens is 371 g/mol. The van der Waals surface area contributed by atoms with E-state index in [4.69, 9.17) is 4.74 Å². The van der Waals surface area contributed by atoms with Gasteiger partial charge in [0.1, 0.15) is 11.6 Å². The molecule has 0 unspecified atom stereocenters. The summed E-state index contributed by atoms with van der Waals surface area (Å²) in [7, 11) is 1.64. The summed E-state index contributed by atoms with van der Waals surface area (Å²) in [6.07, 6.45) is 4.18. The molecule has 7 heteroatoms. The number of carbonyl (C=O) groups is 1. The van der Waals surface area contributed by atoms with Crippen LogP contribution in [-0.4, -0.2) is 36.1 Å². The smallest absolute Gasteiger partial charge is 0.254 e. The molecule has 29 heavy (non-hydrogen) atoms. The van der Waals surface area contributed by atoms with Crippen molar-refractivity contribution in [2.45, 2.75) is 12.8 Å². The number of halogens is 1. The first-order chi connectivity index (χ1) is 14.2. The zero-order chi connectivity index (χ0) is 20.5. The summed E-state index contributed by atoms with van der Waals surface area (Å²) in [6.45, 7) is 1.00. The molecule has 150 valence electrons. The molecule has 0 radical (unpaired) electrons. The SMILES string of the molecule is COc1ccc(CCNc2ncc(C(=O)NCCc3ccccc3F)cn2)cc1. The third-order valence-corrected chi connectivity index (χ3v) is 4.41. The van der Waals surface area contributed by atoms with Crippen LogP contribution >= 0.6 is 0 Å². The average molecular weight is 394 g/mol.